The maximum Gasteiger partial charge on any atom is 0.232 e. The zero-order valence-electron chi connectivity index (χ0n) is 9.81. The number of aryl methyl sites for hydroxylation is 1. The van der Waals surface area contributed by atoms with Gasteiger partial charge in [-0.1, -0.05) is 24.3 Å². The molecule has 4 nitrogen and oxygen atoms in total. The molecular formula is C12H17NO3S. The minimum absolute atomic E-state index is 0.0492. The van der Waals surface area contributed by atoms with Crippen molar-refractivity contribution in [3.8, 4) is 0 Å². The maximum atomic E-state index is 11.4. The minimum Gasteiger partial charge on any atom is -0.395 e. The average Bonchev–Trinajstić information content (AvgIpc) is 2.28. The van der Waals surface area contributed by atoms with Gasteiger partial charge in [0.1, 0.15) is 5.75 Å². The lowest BCUT2D eigenvalue weighted by atomic mass is 10.1. The van der Waals surface area contributed by atoms with Crippen LogP contribution in [-0.2, 0) is 22.1 Å². The number of aliphatic hydroxyl groups is 1. The fourth-order valence-corrected chi connectivity index (χ4v) is 2.12. The van der Waals surface area contributed by atoms with E-state index in [1.54, 1.807) is 0 Å². The Bertz CT molecular complexity index is 406. The number of aliphatic hydroxyl groups excluding tert-OH is 1. The van der Waals surface area contributed by atoms with Gasteiger partial charge in [-0.3, -0.25) is 9.00 Å². The molecule has 1 atom stereocenters. The van der Waals surface area contributed by atoms with Crippen LogP contribution in [0.2, 0.25) is 0 Å². The average molecular weight is 255 g/mol. The van der Waals surface area contributed by atoms with E-state index in [0.717, 1.165) is 11.1 Å². The lowest BCUT2D eigenvalue weighted by Crippen LogP contribution is -2.29. The predicted molar refractivity (Wildman–Crippen MR) is 68.0 cm³/mol. The Morgan fingerprint density at radius 3 is 2.76 bits per heavy atom. The van der Waals surface area contributed by atoms with Crippen molar-refractivity contribution in [1.82, 2.24) is 5.32 Å². The highest BCUT2D eigenvalue weighted by Gasteiger charge is 2.07. The van der Waals surface area contributed by atoms with Crippen LogP contribution < -0.4 is 5.32 Å². The van der Waals surface area contributed by atoms with Crippen molar-refractivity contribution in [1.29, 1.82) is 0 Å². The Hall–Kier alpha value is -1.20. The summed E-state index contributed by atoms with van der Waals surface area (Å²) in [4.78, 5) is 11.4. The van der Waals surface area contributed by atoms with Crippen LogP contribution in [0, 0.1) is 6.92 Å². The molecular weight excluding hydrogens is 238 g/mol. The molecule has 0 aliphatic carbocycles. The molecule has 0 fully saturated rings. The van der Waals surface area contributed by atoms with E-state index in [1.807, 2.05) is 31.2 Å². The van der Waals surface area contributed by atoms with Crippen molar-refractivity contribution < 1.29 is 14.1 Å². The summed E-state index contributed by atoms with van der Waals surface area (Å²) >= 11 is 0. The summed E-state index contributed by atoms with van der Waals surface area (Å²) in [5, 5.41) is 11.3. The first-order valence-electron chi connectivity index (χ1n) is 5.40. The van der Waals surface area contributed by atoms with Gasteiger partial charge in [0.15, 0.2) is 0 Å². The number of benzene rings is 1. The molecule has 1 rings (SSSR count). The molecule has 0 heterocycles. The Balaban J connectivity index is 2.38. The fraction of sp³-hybridized carbons (Fsp3) is 0.417. The van der Waals surface area contributed by atoms with E-state index in [0.29, 0.717) is 6.54 Å². The first kappa shape index (κ1) is 13.9. The number of carbonyl (C=O) groups is 1. The van der Waals surface area contributed by atoms with Crippen LogP contribution in [0.3, 0.4) is 0 Å². The van der Waals surface area contributed by atoms with Crippen LogP contribution in [0.25, 0.3) is 0 Å². The van der Waals surface area contributed by atoms with Gasteiger partial charge in [0.05, 0.1) is 6.61 Å². The molecule has 0 unspecified atom stereocenters. The number of carbonyl (C=O) groups excluding carboxylic acids is 1. The number of amides is 1. The normalized spacial score (nSPS) is 12.1. The van der Waals surface area contributed by atoms with Gasteiger partial charge in [0, 0.05) is 23.1 Å². The molecule has 1 aromatic carbocycles. The molecule has 0 saturated heterocycles. The SMILES string of the molecule is Cc1ccccc1CNC(=O)C[S@@](=O)CCO. The van der Waals surface area contributed by atoms with Gasteiger partial charge in [-0.25, -0.2) is 0 Å². The molecule has 5 heteroatoms. The van der Waals surface area contributed by atoms with E-state index in [1.165, 1.54) is 0 Å². The first-order chi connectivity index (χ1) is 8.13. The molecule has 1 aromatic rings. The molecule has 0 saturated carbocycles. The lowest BCUT2D eigenvalue weighted by molar-refractivity contribution is -0.118. The Labute approximate surface area is 104 Å². The molecule has 0 aliphatic rings. The molecule has 1 amide bonds. The Morgan fingerprint density at radius 1 is 1.41 bits per heavy atom. The van der Waals surface area contributed by atoms with Gasteiger partial charge in [-0.2, -0.15) is 0 Å². The van der Waals surface area contributed by atoms with Crippen molar-refractivity contribution in [2.24, 2.45) is 0 Å². The second-order valence-electron chi connectivity index (χ2n) is 3.72. The van der Waals surface area contributed by atoms with E-state index < -0.39 is 10.8 Å². The Kier molecular flexibility index (Phi) is 5.86. The van der Waals surface area contributed by atoms with Gasteiger partial charge < -0.3 is 10.4 Å². The molecule has 0 aliphatic heterocycles. The summed E-state index contributed by atoms with van der Waals surface area (Å²) < 4.78 is 11.2. The third-order valence-electron chi connectivity index (χ3n) is 2.35. The summed E-state index contributed by atoms with van der Waals surface area (Å²) in [5.74, 6) is -0.149. The van der Waals surface area contributed by atoms with Crippen LogP contribution in [0.1, 0.15) is 11.1 Å². The molecule has 0 radical (unpaired) electrons. The zero-order chi connectivity index (χ0) is 12.7. The lowest BCUT2D eigenvalue weighted by Gasteiger charge is -2.07. The van der Waals surface area contributed by atoms with Crippen LogP contribution >= 0.6 is 0 Å². The van der Waals surface area contributed by atoms with Crippen molar-refractivity contribution in [2.75, 3.05) is 18.1 Å². The molecule has 0 aromatic heterocycles. The maximum absolute atomic E-state index is 11.4. The van der Waals surface area contributed by atoms with Gasteiger partial charge in [0.25, 0.3) is 0 Å². The topological polar surface area (TPSA) is 66.4 Å². The number of rotatable bonds is 6. The highest BCUT2D eigenvalue weighted by molar-refractivity contribution is 7.85. The summed E-state index contributed by atoms with van der Waals surface area (Å²) in [6.07, 6.45) is 0. The number of nitrogens with one attached hydrogen (secondary N) is 1. The van der Waals surface area contributed by atoms with Crippen LogP contribution in [-0.4, -0.2) is 33.3 Å². The van der Waals surface area contributed by atoms with E-state index in [2.05, 4.69) is 5.32 Å². The van der Waals surface area contributed by atoms with Gasteiger partial charge >= 0.3 is 0 Å². The van der Waals surface area contributed by atoms with Crippen molar-refractivity contribution in [3.05, 3.63) is 35.4 Å². The van der Waals surface area contributed by atoms with Crippen LogP contribution in [0.15, 0.2) is 24.3 Å². The standard InChI is InChI=1S/C12H17NO3S/c1-10-4-2-3-5-11(10)8-13-12(15)9-17(16)7-6-14/h2-5,14H,6-9H2,1H3,(H,13,15)/t17-/m0/s1. The molecule has 17 heavy (non-hydrogen) atoms. The molecule has 2 N–H and O–H groups in total. The fourth-order valence-electron chi connectivity index (χ4n) is 1.37. The summed E-state index contributed by atoms with van der Waals surface area (Å²) in [6.45, 7) is 2.27. The van der Waals surface area contributed by atoms with Crippen LogP contribution in [0.4, 0.5) is 0 Å². The van der Waals surface area contributed by atoms with E-state index in [9.17, 15) is 9.00 Å². The van der Waals surface area contributed by atoms with E-state index >= 15 is 0 Å². The van der Waals surface area contributed by atoms with Gasteiger partial charge in [0.2, 0.25) is 5.91 Å². The zero-order valence-corrected chi connectivity index (χ0v) is 10.6. The van der Waals surface area contributed by atoms with Crippen molar-refractivity contribution in [2.45, 2.75) is 13.5 Å². The summed E-state index contributed by atoms with van der Waals surface area (Å²) in [7, 11) is -1.28. The second-order valence-corrected chi connectivity index (χ2v) is 5.29. The third kappa shape index (κ3) is 5.10. The Morgan fingerprint density at radius 2 is 2.12 bits per heavy atom. The predicted octanol–water partition coefficient (Wildman–Crippen LogP) is 0.352. The minimum atomic E-state index is -1.28. The smallest absolute Gasteiger partial charge is 0.232 e. The van der Waals surface area contributed by atoms with E-state index in [4.69, 9.17) is 5.11 Å². The van der Waals surface area contributed by atoms with E-state index in [-0.39, 0.29) is 24.0 Å². The highest BCUT2D eigenvalue weighted by atomic mass is 32.2. The summed E-state index contributed by atoms with van der Waals surface area (Å²) in [6, 6.07) is 7.78. The quantitative estimate of drug-likeness (QED) is 0.771. The number of hydrogen-bond donors (Lipinski definition) is 2. The van der Waals surface area contributed by atoms with Gasteiger partial charge in [-0.05, 0) is 18.1 Å². The molecule has 0 spiro atoms. The van der Waals surface area contributed by atoms with Crippen molar-refractivity contribution >= 4 is 16.7 Å². The largest absolute Gasteiger partial charge is 0.395 e. The molecule has 94 valence electrons. The van der Waals surface area contributed by atoms with Crippen molar-refractivity contribution in [3.63, 3.8) is 0 Å². The monoisotopic (exact) mass is 255 g/mol. The summed E-state index contributed by atoms with van der Waals surface area (Å²) in [5.41, 5.74) is 2.16. The highest BCUT2D eigenvalue weighted by Crippen LogP contribution is 2.05. The second kappa shape index (κ2) is 7.19. The number of hydrogen-bond acceptors (Lipinski definition) is 3. The molecule has 0 bridgehead atoms. The van der Waals surface area contributed by atoms with Crippen LogP contribution in [0.5, 0.6) is 0 Å². The third-order valence-corrected chi connectivity index (χ3v) is 3.57. The van der Waals surface area contributed by atoms with Gasteiger partial charge in [-0.15, -0.1) is 0 Å². The first-order valence-corrected chi connectivity index (χ1v) is 6.89.